The summed E-state index contributed by atoms with van der Waals surface area (Å²) in [6.45, 7) is 3.26. The molecule has 120 valence electrons. The quantitative estimate of drug-likeness (QED) is 0.828. The Kier molecular flexibility index (Phi) is 5.45. The molecule has 1 heterocycles. The molecule has 2 amide bonds. The van der Waals surface area contributed by atoms with Crippen LogP contribution in [0.3, 0.4) is 0 Å². The number of ether oxygens (including phenoxy) is 1. The first-order valence-corrected chi connectivity index (χ1v) is 7.81. The van der Waals surface area contributed by atoms with Crippen LogP contribution in [0.5, 0.6) is 0 Å². The van der Waals surface area contributed by atoms with Crippen molar-refractivity contribution in [1.82, 2.24) is 10.2 Å². The maximum atomic E-state index is 12.2. The van der Waals surface area contributed by atoms with E-state index < -0.39 is 12.0 Å². The Morgan fingerprint density at radius 2 is 1.95 bits per heavy atom. The molecule has 2 unspecified atom stereocenters. The maximum absolute atomic E-state index is 12.2. The van der Waals surface area contributed by atoms with E-state index in [-0.39, 0.29) is 12.1 Å². The lowest BCUT2D eigenvalue weighted by atomic mass is 9.83. The van der Waals surface area contributed by atoms with E-state index in [2.05, 4.69) is 12.2 Å². The third-order valence-electron chi connectivity index (χ3n) is 4.82. The Balaban J connectivity index is 1.83. The zero-order valence-corrected chi connectivity index (χ0v) is 12.9. The number of hydrogen-bond acceptors (Lipinski definition) is 3. The van der Waals surface area contributed by atoms with Crippen molar-refractivity contribution < 1.29 is 19.4 Å². The molecule has 0 aromatic heterocycles. The largest absolute Gasteiger partial charge is 0.480 e. The molecule has 6 nitrogen and oxygen atoms in total. The summed E-state index contributed by atoms with van der Waals surface area (Å²) in [5, 5.41) is 12.1. The van der Waals surface area contributed by atoms with Crippen LogP contribution in [0.1, 0.15) is 39.0 Å². The predicted octanol–water partition coefficient (Wildman–Crippen LogP) is 1.70. The first-order chi connectivity index (χ1) is 10.0. The first kappa shape index (κ1) is 16.1. The number of amides is 2. The van der Waals surface area contributed by atoms with Gasteiger partial charge < -0.3 is 20.1 Å². The summed E-state index contributed by atoms with van der Waals surface area (Å²) < 4.78 is 5.19. The van der Waals surface area contributed by atoms with Crippen LogP contribution in [0, 0.1) is 11.8 Å². The molecule has 21 heavy (non-hydrogen) atoms. The van der Waals surface area contributed by atoms with Crippen LogP contribution < -0.4 is 5.32 Å². The fraction of sp³-hybridized carbons (Fsp3) is 0.867. The fourth-order valence-corrected chi connectivity index (χ4v) is 3.29. The first-order valence-electron chi connectivity index (χ1n) is 7.81. The van der Waals surface area contributed by atoms with Crippen LogP contribution in [0.25, 0.3) is 0 Å². The SMILES string of the molecule is COC1CC(C(=O)O)N(C(=O)NCC2CCC(C)CC2)C1. The van der Waals surface area contributed by atoms with E-state index in [4.69, 9.17) is 4.74 Å². The van der Waals surface area contributed by atoms with Crippen molar-refractivity contribution in [3.05, 3.63) is 0 Å². The van der Waals surface area contributed by atoms with Gasteiger partial charge in [-0.25, -0.2) is 9.59 Å². The summed E-state index contributed by atoms with van der Waals surface area (Å²) >= 11 is 0. The lowest BCUT2D eigenvalue weighted by molar-refractivity contribution is -0.141. The lowest BCUT2D eigenvalue weighted by Crippen LogP contribution is -2.47. The van der Waals surface area contributed by atoms with Gasteiger partial charge in [-0.05, 0) is 24.7 Å². The molecular weight excluding hydrogens is 272 g/mol. The molecule has 1 aliphatic heterocycles. The Labute approximate surface area is 125 Å². The highest BCUT2D eigenvalue weighted by Crippen LogP contribution is 2.28. The molecule has 0 aromatic rings. The van der Waals surface area contributed by atoms with Crippen LogP contribution >= 0.6 is 0 Å². The van der Waals surface area contributed by atoms with E-state index >= 15 is 0 Å². The molecule has 2 N–H and O–H groups in total. The molecule has 0 radical (unpaired) electrons. The van der Waals surface area contributed by atoms with Gasteiger partial charge in [0.05, 0.1) is 6.10 Å². The van der Waals surface area contributed by atoms with E-state index in [0.29, 0.717) is 25.4 Å². The molecule has 0 bridgehead atoms. The van der Waals surface area contributed by atoms with Crippen molar-refractivity contribution in [1.29, 1.82) is 0 Å². The number of rotatable bonds is 4. The topological polar surface area (TPSA) is 78.9 Å². The van der Waals surface area contributed by atoms with Gasteiger partial charge >= 0.3 is 12.0 Å². The average Bonchev–Trinajstić information content (AvgIpc) is 2.91. The fourth-order valence-electron chi connectivity index (χ4n) is 3.29. The van der Waals surface area contributed by atoms with Crippen molar-refractivity contribution in [3.8, 4) is 0 Å². The standard InChI is InChI=1S/C15H26N2O4/c1-10-3-5-11(6-4-10)8-16-15(20)17-9-12(21-2)7-13(17)14(18)19/h10-13H,3-9H2,1-2H3,(H,16,20)(H,18,19). The minimum atomic E-state index is -0.962. The van der Waals surface area contributed by atoms with E-state index in [1.165, 1.54) is 17.7 Å². The summed E-state index contributed by atoms with van der Waals surface area (Å²) in [6.07, 6.45) is 4.89. The summed E-state index contributed by atoms with van der Waals surface area (Å²) in [7, 11) is 1.55. The summed E-state index contributed by atoms with van der Waals surface area (Å²) in [5.74, 6) is 0.347. The second-order valence-electron chi connectivity index (χ2n) is 6.41. The summed E-state index contributed by atoms with van der Waals surface area (Å²) in [4.78, 5) is 24.9. The van der Waals surface area contributed by atoms with Gasteiger partial charge in [-0.2, -0.15) is 0 Å². The third kappa shape index (κ3) is 4.09. The van der Waals surface area contributed by atoms with Crippen molar-refractivity contribution in [2.45, 2.75) is 51.2 Å². The molecule has 0 aromatic carbocycles. The van der Waals surface area contributed by atoms with Gasteiger partial charge in [0.15, 0.2) is 0 Å². The van der Waals surface area contributed by atoms with Crippen molar-refractivity contribution in [3.63, 3.8) is 0 Å². The average molecular weight is 298 g/mol. The molecule has 2 rings (SSSR count). The van der Waals surface area contributed by atoms with E-state index in [1.807, 2.05) is 0 Å². The molecule has 2 aliphatic rings. The van der Waals surface area contributed by atoms with Gasteiger partial charge in [0.2, 0.25) is 0 Å². The Hall–Kier alpha value is -1.30. The number of likely N-dealkylation sites (tertiary alicyclic amines) is 1. The number of urea groups is 1. The van der Waals surface area contributed by atoms with E-state index in [0.717, 1.165) is 18.8 Å². The van der Waals surface area contributed by atoms with Gasteiger partial charge in [0.25, 0.3) is 0 Å². The monoisotopic (exact) mass is 298 g/mol. The minimum absolute atomic E-state index is 0.188. The maximum Gasteiger partial charge on any atom is 0.326 e. The number of aliphatic carboxylic acids is 1. The molecule has 2 atom stereocenters. The van der Waals surface area contributed by atoms with Crippen molar-refractivity contribution in [2.24, 2.45) is 11.8 Å². The zero-order chi connectivity index (χ0) is 15.4. The lowest BCUT2D eigenvalue weighted by Gasteiger charge is -2.28. The molecule has 1 aliphatic carbocycles. The number of hydrogen-bond donors (Lipinski definition) is 2. The molecule has 0 spiro atoms. The number of nitrogens with zero attached hydrogens (tertiary/aromatic N) is 1. The molecular formula is C15H26N2O4. The highest BCUT2D eigenvalue weighted by molar-refractivity contribution is 5.83. The number of methoxy groups -OCH3 is 1. The van der Waals surface area contributed by atoms with Crippen LogP contribution in [0.4, 0.5) is 4.79 Å². The van der Waals surface area contributed by atoms with Gasteiger partial charge in [-0.3, -0.25) is 0 Å². The van der Waals surface area contributed by atoms with Gasteiger partial charge in [-0.1, -0.05) is 19.8 Å². The summed E-state index contributed by atoms with van der Waals surface area (Å²) in [6, 6.07) is -1.05. The third-order valence-corrected chi connectivity index (χ3v) is 4.82. The molecule has 6 heteroatoms. The minimum Gasteiger partial charge on any atom is -0.480 e. The number of carbonyl (C=O) groups excluding carboxylic acids is 1. The normalized spacial score (nSPS) is 33.0. The van der Waals surface area contributed by atoms with Gasteiger partial charge in [0, 0.05) is 26.6 Å². The molecule has 1 saturated heterocycles. The van der Waals surface area contributed by atoms with Crippen molar-refractivity contribution in [2.75, 3.05) is 20.2 Å². The second kappa shape index (κ2) is 7.11. The zero-order valence-electron chi connectivity index (χ0n) is 12.9. The van der Waals surface area contributed by atoms with Crippen LogP contribution in [0.2, 0.25) is 0 Å². The number of carboxylic acid groups (broad SMARTS) is 1. The molecule has 2 fully saturated rings. The van der Waals surface area contributed by atoms with Crippen LogP contribution in [-0.4, -0.2) is 54.4 Å². The summed E-state index contributed by atoms with van der Waals surface area (Å²) in [5.41, 5.74) is 0. The smallest absolute Gasteiger partial charge is 0.326 e. The van der Waals surface area contributed by atoms with Gasteiger partial charge in [0.1, 0.15) is 6.04 Å². The Bertz CT molecular complexity index is 380. The van der Waals surface area contributed by atoms with Gasteiger partial charge in [-0.15, -0.1) is 0 Å². The highest BCUT2D eigenvalue weighted by atomic mass is 16.5. The Morgan fingerprint density at radius 1 is 1.29 bits per heavy atom. The Morgan fingerprint density at radius 3 is 2.52 bits per heavy atom. The highest BCUT2D eigenvalue weighted by Gasteiger charge is 2.39. The predicted molar refractivity (Wildman–Crippen MR) is 78.1 cm³/mol. The van der Waals surface area contributed by atoms with E-state index in [9.17, 15) is 14.7 Å². The molecule has 1 saturated carbocycles. The number of carbonyl (C=O) groups is 2. The van der Waals surface area contributed by atoms with E-state index in [1.54, 1.807) is 7.11 Å². The van der Waals surface area contributed by atoms with Crippen LogP contribution in [0.15, 0.2) is 0 Å². The van der Waals surface area contributed by atoms with Crippen molar-refractivity contribution >= 4 is 12.0 Å². The number of carboxylic acids is 1. The van der Waals surface area contributed by atoms with Crippen LogP contribution in [-0.2, 0) is 9.53 Å². The second-order valence-corrected chi connectivity index (χ2v) is 6.41. The number of nitrogens with one attached hydrogen (secondary N) is 1.